The molecule has 0 fully saturated rings. The molecule has 148 valence electrons. The number of rotatable bonds is 4. The second-order valence-corrected chi connectivity index (χ2v) is 7.76. The molecule has 0 spiro atoms. The summed E-state index contributed by atoms with van der Waals surface area (Å²) in [6, 6.07) is 13.6. The van der Waals surface area contributed by atoms with Gasteiger partial charge in [-0.15, -0.1) is 0 Å². The van der Waals surface area contributed by atoms with Gasteiger partial charge in [0.05, 0.1) is 17.6 Å². The van der Waals surface area contributed by atoms with E-state index in [9.17, 15) is 9.59 Å². The third kappa shape index (κ3) is 3.60. The van der Waals surface area contributed by atoms with E-state index >= 15 is 0 Å². The Balaban J connectivity index is 1.60. The second-order valence-electron chi connectivity index (χ2n) is 7.76. The highest BCUT2D eigenvalue weighted by molar-refractivity contribution is 6.09. The number of aromatic nitrogens is 1. The molecule has 5 nitrogen and oxygen atoms in total. The molecule has 0 bridgehead atoms. The quantitative estimate of drug-likeness (QED) is 0.735. The van der Waals surface area contributed by atoms with Crippen molar-refractivity contribution in [3.63, 3.8) is 0 Å². The summed E-state index contributed by atoms with van der Waals surface area (Å²) in [6.07, 6.45) is 2.77. The summed E-state index contributed by atoms with van der Waals surface area (Å²) in [7, 11) is 1.68. The van der Waals surface area contributed by atoms with Crippen molar-refractivity contribution in [2.24, 2.45) is 0 Å². The number of hydrogen-bond acceptors (Lipinski definition) is 3. The van der Waals surface area contributed by atoms with Crippen molar-refractivity contribution in [1.29, 1.82) is 0 Å². The molecule has 5 heteroatoms. The highest BCUT2D eigenvalue weighted by Gasteiger charge is 2.26. The molecule has 1 aliphatic rings. The van der Waals surface area contributed by atoms with Gasteiger partial charge in [0, 0.05) is 23.8 Å². The number of carbonyl (C=O) groups excluding carboxylic acids is 2. The van der Waals surface area contributed by atoms with E-state index in [4.69, 9.17) is 4.98 Å². The molecule has 0 aliphatic heterocycles. The van der Waals surface area contributed by atoms with Gasteiger partial charge in [0.15, 0.2) is 0 Å². The number of nitrogens with zero attached hydrogens (tertiary/aromatic N) is 2. The smallest absolute Gasteiger partial charge is 0.255 e. The SMILES string of the molecule is Cc1cccc(C)c1NC(=O)CN(C)C(=O)c1c2c(nc3ccccc13)CCC2. The number of hydrogen-bond donors (Lipinski definition) is 1. The van der Waals surface area contributed by atoms with Crippen LogP contribution in [0.1, 0.15) is 39.2 Å². The number of amides is 2. The molecule has 3 aromatic rings. The van der Waals surface area contributed by atoms with Crippen LogP contribution >= 0.6 is 0 Å². The Morgan fingerprint density at radius 1 is 1.03 bits per heavy atom. The van der Waals surface area contributed by atoms with Gasteiger partial charge in [-0.2, -0.15) is 0 Å². The average molecular weight is 387 g/mol. The minimum Gasteiger partial charge on any atom is -0.332 e. The van der Waals surface area contributed by atoms with Crippen molar-refractivity contribution in [1.82, 2.24) is 9.88 Å². The topological polar surface area (TPSA) is 62.3 Å². The summed E-state index contributed by atoms with van der Waals surface area (Å²) in [4.78, 5) is 32.2. The van der Waals surface area contributed by atoms with E-state index in [1.807, 2.05) is 56.3 Å². The van der Waals surface area contributed by atoms with Gasteiger partial charge in [-0.3, -0.25) is 14.6 Å². The molecule has 1 aliphatic carbocycles. The lowest BCUT2D eigenvalue weighted by Crippen LogP contribution is -2.35. The summed E-state index contributed by atoms with van der Waals surface area (Å²) in [5, 5.41) is 3.82. The van der Waals surface area contributed by atoms with Gasteiger partial charge < -0.3 is 10.2 Å². The lowest BCUT2D eigenvalue weighted by Gasteiger charge is -2.20. The van der Waals surface area contributed by atoms with Gasteiger partial charge in [-0.1, -0.05) is 36.4 Å². The normalized spacial score (nSPS) is 12.7. The lowest BCUT2D eigenvalue weighted by molar-refractivity contribution is -0.116. The van der Waals surface area contributed by atoms with Crippen molar-refractivity contribution in [3.8, 4) is 0 Å². The van der Waals surface area contributed by atoms with E-state index in [2.05, 4.69) is 5.32 Å². The van der Waals surface area contributed by atoms with Crippen LogP contribution in [0.3, 0.4) is 0 Å². The van der Waals surface area contributed by atoms with Crippen molar-refractivity contribution in [2.45, 2.75) is 33.1 Å². The van der Waals surface area contributed by atoms with Crippen LogP contribution in [-0.4, -0.2) is 35.3 Å². The first-order chi connectivity index (χ1) is 14.0. The largest absolute Gasteiger partial charge is 0.332 e. The molecule has 2 amide bonds. The van der Waals surface area contributed by atoms with Gasteiger partial charge in [-0.25, -0.2) is 0 Å². The molecule has 1 aromatic heterocycles. The van der Waals surface area contributed by atoms with E-state index in [1.165, 1.54) is 4.90 Å². The van der Waals surface area contributed by atoms with Crippen LogP contribution in [0, 0.1) is 13.8 Å². The van der Waals surface area contributed by atoms with Gasteiger partial charge in [0.1, 0.15) is 0 Å². The number of nitrogens with one attached hydrogen (secondary N) is 1. The van der Waals surface area contributed by atoms with E-state index < -0.39 is 0 Å². The fraction of sp³-hybridized carbons (Fsp3) is 0.292. The van der Waals surface area contributed by atoms with Crippen LogP contribution in [0.4, 0.5) is 5.69 Å². The minimum absolute atomic E-state index is 0.00195. The fourth-order valence-electron chi connectivity index (χ4n) is 4.12. The van der Waals surface area contributed by atoms with Gasteiger partial charge in [-0.05, 0) is 55.9 Å². The summed E-state index contributed by atoms with van der Waals surface area (Å²) in [6.45, 7) is 3.92. The molecular weight excluding hydrogens is 362 g/mol. The monoisotopic (exact) mass is 387 g/mol. The number of aryl methyl sites for hydroxylation is 3. The molecule has 0 saturated heterocycles. The highest BCUT2D eigenvalue weighted by Crippen LogP contribution is 2.30. The Morgan fingerprint density at radius 2 is 1.76 bits per heavy atom. The molecule has 0 radical (unpaired) electrons. The number of pyridine rings is 1. The maximum Gasteiger partial charge on any atom is 0.255 e. The van der Waals surface area contributed by atoms with E-state index in [0.29, 0.717) is 5.56 Å². The van der Waals surface area contributed by atoms with Gasteiger partial charge in [0.25, 0.3) is 5.91 Å². The lowest BCUT2D eigenvalue weighted by atomic mass is 10.00. The van der Waals surface area contributed by atoms with Crippen molar-refractivity contribution < 1.29 is 9.59 Å². The second kappa shape index (κ2) is 7.66. The zero-order valence-electron chi connectivity index (χ0n) is 17.1. The molecule has 4 rings (SSSR count). The fourth-order valence-corrected chi connectivity index (χ4v) is 4.12. The summed E-state index contributed by atoms with van der Waals surface area (Å²) in [5.41, 5.74) is 6.41. The zero-order valence-corrected chi connectivity index (χ0v) is 17.1. The Labute approximate surface area is 170 Å². The number of carbonyl (C=O) groups is 2. The first kappa shape index (κ1) is 19.1. The summed E-state index contributed by atoms with van der Waals surface area (Å²) < 4.78 is 0. The number of benzene rings is 2. The molecule has 1 heterocycles. The Hall–Kier alpha value is -3.21. The Morgan fingerprint density at radius 3 is 2.52 bits per heavy atom. The van der Waals surface area contributed by atoms with Crippen LogP contribution in [0.5, 0.6) is 0 Å². The first-order valence-corrected chi connectivity index (χ1v) is 9.97. The third-order valence-electron chi connectivity index (χ3n) is 5.61. The molecule has 29 heavy (non-hydrogen) atoms. The maximum atomic E-state index is 13.4. The van der Waals surface area contributed by atoms with Crippen molar-refractivity contribution in [3.05, 3.63) is 70.4 Å². The standard InChI is InChI=1S/C24H25N3O2/c1-15-8-6-9-16(2)23(15)26-21(28)14-27(3)24(29)22-17-10-4-5-12-19(17)25-20-13-7-11-18(20)22/h4-6,8-10,12H,7,11,13-14H2,1-3H3,(H,26,28). The molecule has 0 unspecified atom stereocenters. The predicted octanol–water partition coefficient (Wildman–Crippen LogP) is 4.05. The molecular formula is C24H25N3O2. The number of likely N-dealkylation sites (N-methyl/N-ethyl adjacent to an activating group) is 1. The highest BCUT2D eigenvalue weighted by atomic mass is 16.2. The van der Waals surface area contributed by atoms with Crippen LogP contribution in [0.25, 0.3) is 10.9 Å². The molecule has 0 saturated carbocycles. The Kier molecular flexibility index (Phi) is 5.05. The molecule has 0 atom stereocenters. The molecule has 1 N–H and O–H groups in total. The third-order valence-corrected chi connectivity index (χ3v) is 5.61. The van der Waals surface area contributed by atoms with E-state index in [0.717, 1.165) is 58.2 Å². The van der Waals surface area contributed by atoms with Gasteiger partial charge in [0.2, 0.25) is 5.91 Å². The predicted molar refractivity (Wildman–Crippen MR) is 115 cm³/mol. The maximum absolute atomic E-state index is 13.4. The van der Waals surface area contributed by atoms with Crippen molar-refractivity contribution in [2.75, 3.05) is 18.9 Å². The number of anilines is 1. The van der Waals surface area contributed by atoms with Crippen LogP contribution in [-0.2, 0) is 17.6 Å². The van der Waals surface area contributed by atoms with Crippen LogP contribution < -0.4 is 5.32 Å². The zero-order chi connectivity index (χ0) is 20.5. The molecule has 2 aromatic carbocycles. The average Bonchev–Trinajstić information content (AvgIpc) is 3.16. The summed E-state index contributed by atoms with van der Waals surface area (Å²) in [5.74, 6) is -0.327. The van der Waals surface area contributed by atoms with E-state index in [1.54, 1.807) is 7.05 Å². The number of para-hydroxylation sites is 2. The van der Waals surface area contributed by atoms with Crippen LogP contribution in [0.15, 0.2) is 42.5 Å². The first-order valence-electron chi connectivity index (χ1n) is 9.97. The van der Waals surface area contributed by atoms with Gasteiger partial charge >= 0.3 is 0 Å². The minimum atomic E-state index is -0.201. The van der Waals surface area contributed by atoms with Crippen molar-refractivity contribution >= 4 is 28.4 Å². The van der Waals surface area contributed by atoms with Crippen LogP contribution in [0.2, 0.25) is 0 Å². The number of fused-ring (bicyclic) bond motifs is 2. The van der Waals surface area contributed by atoms with E-state index in [-0.39, 0.29) is 18.4 Å². The summed E-state index contributed by atoms with van der Waals surface area (Å²) >= 11 is 0. The Bertz CT molecular complexity index is 1100.